The maximum atomic E-state index is 11.4. The molecule has 0 spiro atoms. The van der Waals surface area contributed by atoms with Crippen LogP contribution in [-0.4, -0.2) is 11.6 Å². The van der Waals surface area contributed by atoms with E-state index in [1.165, 1.54) is 6.92 Å². The average Bonchev–Trinajstić information content (AvgIpc) is 3.06. The molecule has 0 N–H and O–H groups in total. The Bertz CT molecular complexity index is 578. The number of ether oxygens (including phenoxy) is 2. The molecule has 0 radical (unpaired) electrons. The molecule has 0 aromatic heterocycles. The number of epoxide rings is 1. The summed E-state index contributed by atoms with van der Waals surface area (Å²) in [6.07, 6.45) is 1.30. The predicted octanol–water partition coefficient (Wildman–Crippen LogP) is 3.94. The Kier molecular flexibility index (Phi) is 4.69. The third kappa shape index (κ3) is 3.86. The Morgan fingerprint density at radius 3 is 2.67 bits per heavy atom. The molecule has 112 valence electrons. The summed E-state index contributed by atoms with van der Waals surface area (Å²) < 4.78 is 11.1. The third-order valence-corrected chi connectivity index (χ3v) is 3.45. The molecule has 1 fully saturated rings. The van der Waals surface area contributed by atoms with Crippen LogP contribution in [0.25, 0.3) is 0 Å². The minimum Gasteiger partial charge on any atom is -0.444 e. The van der Waals surface area contributed by atoms with Gasteiger partial charge in [-0.2, -0.15) is 0 Å². The first-order valence-corrected chi connectivity index (χ1v) is 7.38. The van der Waals surface area contributed by atoms with E-state index in [0.29, 0.717) is 0 Å². The zero-order chi connectivity index (χ0) is 15.5. The molecule has 1 aliphatic heterocycles. The van der Waals surface area contributed by atoms with Crippen molar-refractivity contribution in [2.45, 2.75) is 58.3 Å². The summed E-state index contributed by atoms with van der Waals surface area (Å²) in [5.74, 6) is 5.83. The van der Waals surface area contributed by atoms with Crippen LogP contribution < -0.4 is 0 Å². The highest BCUT2D eigenvalue weighted by Crippen LogP contribution is 2.50. The fourth-order valence-corrected chi connectivity index (χ4v) is 2.32. The van der Waals surface area contributed by atoms with E-state index >= 15 is 0 Å². The standard InChI is InChI=1S/C18H22O3/c1-5-6-7-12-16(20-13(2)19)14-10-8-9-11-15(14)17-18(3,4)21-17/h8-11,16-17H,5-6H2,1-4H3. The van der Waals surface area contributed by atoms with Gasteiger partial charge < -0.3 is 9.47 Å². The van der Waals surface area contributed by atoms with Gasteiger partial charge in [0.15, 0.2) is 6.10 Å². The van der Waals surface area contributed by atoms with Gasteiger partial charge in [-0.25, -0.2) is 0 Å². The van der Waals surface area contributed by atoms with Crippen LogP contribution in [0.15, 0.2) is 24.3 Å². The van der Waals surface area contributed by atoms with Crippen molar-refractivity contribution in [2.75, 3.05) is 0 Å². The van der Waals surface area contributed by atoms with Gasteiger partial charge in [-0.1, -0.05) is 43.0 Å². The number of rotatable bonds is 4. The quantitative estimate of drug-likeness (QED) is 0.478. The maximum Gasteiger partial charge on any atom is 0.304 e. The van der Waals surface area contributed by atoms with Gasteiger partial charge in [0, 0.05) is 18.9 Å². The fourth-order valence-electron chi connectivity index (χ4n) is 2.32. The van der Waals surface area contributed by atoms with E-state index < -0.39 is 6.10 Å². The van der Waals surface area contributed by atoms with Crippen molar-refractivity contribution in [3.05, 3.63) is 35.4 Å². The molecule has 1 saturated heterocycles. The molecular formula is C18H22O3. The van der Waals surface area contributed by atoms with E-state index in [1.807, 2.05) is 24.3 Å². The molecule has 3 heteroatoms. The topological polar surface area (TPSA) is 38.8 Å². The lowest BCUT2D eigenvalue weighted by molar-refractivity contribution is -0.144. The number of esters is 1. The second-order valence-electron chi connectivity index (χ2n) is 5.79. The highest BCUT2D eigenvalue weighted by molar-refractivity contribution is 5.67. The van der Waals surface area contributed by atoms with E-state index in [9.17, 15) is 4.79 Å². The van der Waals surface area contributed by atoms with Crippen LogP contribution >= 0.6 is 0 Å². The van der Waals surface area contributed by atoms with Crippen LogP contribution in [0, 0.1) is 11.8 Å². The average molecular weight is 286 g/mol. The number of benzene rings is 1. The van der Waals surface area contributed by atoms with Crippen molar-refractivity contribution in [2.24, 2.45) is 0 Å². The zero-order valence-corrected chi connectivity index (χ0v) is 13.1. The van der Waals surface area contributed by atoms with E-state index in [2.05, 4.69) is 32.6 Å². The zero-order valence-electron chi connectivity index (χ0n) is 13.1. The van der Waals surface area contributed by atoms with Crippen molar-refractivity contribution in [1.29, 1.82) is 0 Å². The van der Waals surface area contributed by atoms with Gasteiger partial charge in [0.2, 0.25) is 0 Å². The molecule has 1 aromatic rings. The van der Waals surface area contributed by atoms with Crippen molar-refractivity contribution in [3.8, 4) is 11.8 Å². The van der Waals surface area contributed by atoms with Gasteiger partial charge in [-0.05, 0) is 25.8 Å². The molecule has 1 aliphatic rings. The molecule has 0 saturated carbocycles. The lowest BCUT2D eigenvalue weighted by Crippen LogP contribution is -2.10. The molecule has 3 nitrogen and oxygen atoms in total. The monoisotopic (exact) mass is 286 g/mol. The Balaban J connectivity index is 2.32. The van der Waals surface area contributed by atoms with Gasteiger partial charge in [-0.15, -0.1) is 0 Å². The van der Waals surface area contributed by atoms with Crippen LogP contribution in [-0.2, 0) is 14.3 Å². The molecule has 1 heterocycles. The van der Waals surface area contributed by atoms with Gasteiger partial charge in [0.05, 0.1) is 5.60 Å². The van der Waals surface area contributed by atoms with Gasteiger partial charge >= 0.3 is 5.97 Å². The minimum absolute atomic E-state index is 0.0414. The lowest BCUT2D eigenvalue weighted by Gasteiger charge is -2.15. The molecule has 2 rings (SSSR count). The van der Waals surface area contributed by atoms with Crippen LogP contribution in [0.4, 0.5) is 0 Å². The van der Waals surface area contributed by atoms with Gasteiger partial charge in [0.1, 0.15) is 6.10 Å². The molecule has 0 bridgehead atoms. The summed E-state index contributed by atoms with van der Waals surface area (Å²) in [5, 5.41) is 0. The molecule has 0 aliphatic carbocycles. The molecular weight excluding hydrogens is 264 g/mol. The van der Waals surface area contributed by atoms with Crippen molar-refractivity contribution < 1.29 is 14.3 Å². The summed E-state index contributed by atoms with van der Waals surface area (Å²) in [4.78, 5) is 11.4. The smallest absolute Gasteiger partial charge is 0.304 e. The first-order chi connectivity index (χ1) is 9.95. The summed E-state index contributed by atoms with van der Waals surface area (Å²) in [6, 6.07) is 7.89. The fraction of sp³-hybridized carbons (Fsp3) is 0.500. The summed E-state index contributed by atoms with van der Waals surface area (Å²) in [5.41, 5.74) is 1.82. The summed E-state index contributed by atoms with van der Waals surface area (Å²) in [7, 11) is 0. The molecule has 0 amide bonds. The lowest BCUT2D eigenvalue weighted by atomic mass is 9.95. The maximum absolute atomic E-state index is 11.4. The molecule has 2 unspecified atom stereocenters. The number of carbonyl (C=O) groups excluding carboxylic acids is 1. The highest BCUT2D eigenvalue weighted by atomic mass is 16.6. The molecule has 2 atom stereocenters. The Morgan fingerprint density at radius 1 is 1.43 bits per heavy atom. The van der Waals surface area contributed by atoms with E-state index in [4.69, 9.17) is 9.47 Å². The van der Waals surface area contributed by atoms with Crippen LogP contribution in [0.2, 0.25) is 0 Å². The van der Waals surface area contributed by atoms with Crippen molar-refractivity contribution >= 4 is 5.97 Å². The first-order valence-electron chi connectivity index (χ1n) is 7.38. The molecule has 1 aromatic carbocycles. The largest absolute Gasteiger partial charge is 0.444 e. The minimum atomic E-state index is -0.523. The number of unbranched alkanes of at least 4 members (excludes halogenated alkanes) is 1. The normalized spacial score (nSPS) is 20.1. The Labute approximate surface area is 126 Å². The number of carbonyl (C=O) groups is 1. The van der Waals surface area contributed by atoms with Gasteiger partial charge in [-0.3, -0.25) is 4.79 Å². The number of hydrogen-bond acceptors (Lipinski definition) is 3. The van der Waals surface area contributed by atoms with E-state index in [0.717, 1.165) is 24.0 Å². The first kappa shape index (κ1) is 15.6. The van der Waals surface area contributed by atoms with Gasteiger partial charge in [0.25, 0.3) is 0 Å². The van der Waals surface area contributed by atoms with E-state index in [-0.39, 0.29) is 17.7 Å². The van der Waals surface area contributed by atoms with Crippen LogP contribution in [0.1, 0.15) is 63.9 Å². The third-order valence-electron chi connectivity index (χ3n) is 3.45. The van der Waals surface area contributed by atoms with E-state index in [1.54, 1.807) is 0 Å². The summed E-state index contributed by atoms with van der Waals surface area (Å²) >= 11 is 0. The van der Waals surface area contributed by atoms with Crippen LogP contribution in [0.5, 0.6) is 0 Å². The summed E-state index contributed by atoms with van der Waals surface area (Å²) in [6.45, 7) is 7.59. The SMILES string of the molecule is CCCC#CC(OC(C)=O)c1ccccc1C1OC1(C)C. The number of hydrogen-bond donors (Lipinski definition) is 0. The highest BCUT2D eigenvalue weighted by Gasteiger charge is 2.50. The van der Waals surface area contributed by atoms with Crippen molar-refractivity contribution in [1.82, 2.24) is 0 Å². The van der Waals surface area contributed by atoms with Crippen LogP contribution in [0.3, 0.4) is 0 Å². The second-order valence-corrected chi connectivity index (χ2v) is 5.79. The predicted molar refractivity (Wildman–Crippen MR) is 81.5 cm³/mol. The Morgan fingerprint density at radius 2 is 2.10 bits per heavy atom. The van der Waals surface area contributed by atoms with Crippen molar-refractivity contribution in [3.63, 3.8) is 0 Å². The second kappa shape index (κ2) is 6.32. The Hall–Kier alpha value is -1.79. The molecule has 21 heavy (non-hydrogen) atoms.